The average Bonchev–Trinajstić information content (AvgIpc) is 3.35. The third kappa shape index (κ3) is 2.66. The molecule has 3 aromatic heterocycles. The number of amides is 1. The van der Waals surface area contributed by atoms with Crippen molar-refractivity contribution >= 4 is 5.91 Å². The molecule has 8 heteroatoms. The molecule has 0 bridgehead atoms. The molecule has 1 aliphatic rings. The Hall–Kier alpha value is -3.03. The monoisotopic (exact) mass is 324 g/mol. The molecule has 0 aromatic carbocycles. The minimum Gasteiger partial charge on any atom is -0.354 e. The molecule has 8 nitrogen and oxygen atoms in total. The van der Waals surface area contributed by atoms with Crippen LogP contribution in [0.5, 0.6) is 0 Å². The summed E-state index contributed by atoms with van der Waals surface area (Å²) < 4.78 is 6.80. The van der Waals surface area contributed by atoms with E-state index in [0.717, 1.165) is 12.0 Å². The minimum absolute atomic E-state index is 0.125. The topological polar surface area (TPSA) is 89.9 Å². The summed E-state index contributed by atoms with van der Waals surface area (Å²) in [7, 11) is 1.77. The number of hydrogen-bond acceptors (Lipinski definition) is 6. The maximum atomic E-state index is 12.6. The fourth-order valence-electron chi connectivity index (χ4n) is 2.95. The van der Waals surface area contributed by atoms with Crippen molar-refractivity contribution in [3.05, 3.63) is 48.0 Å². The van der Waals surface area contributed by atoms with Gasteiger partial charge in [-0.15, -0.1) is 5.10 Å². The van der Waals surface area contributed by atoms with Crippen LogP contribution >= 0.6 is 0 Å². The normalized spacial score (nSPS) is 17.4. The molecule has 0 aliphatic carbocycles. The lowest BCUT2D eigenvalue weighted by Gasteiger charge is -2.14. The van der Waals surface area contributed by atoms with E-state index in [2.05, 4.69) is 20.5 Å². The lowest BCUT2D eigenvalue weighted by molar-refractivity contribution is 0.0780. The van der Waals surface area contributed by atoms with Crippen molar-refractivity contribution in [3.8, 4) is 11.5 Å². The van der Waals surface area contributed by atoms with Gasteiger partial charge in [0.25, 0.3) is 5.91 Å². The molecule has 24 heavy (non-hydrogen) atoms. The van der Waals surface area contributed by atoms with Crippen molar-refractivity contribution in [2.75, 3.05) is 13.1 Å². The van der Waals surface area contributed by atoms with E-state index in [9.17, 15) is 4.79 Å². The van der Waals surface area contributed by atoms with Gasteiger partial charge in [-0.25, -0.2) is 0 Å². The zero-order valence-electron chi connectivity index (χ0n) is 13.2. The summed E-state index contributed by atoms with van der Waals surface area (Å²) in [5.74, 6) is 0.628. The van der Waals surface area contributed by atoms with E-state index in [-0.39, 0.29) is 5.91 Å². The molecule has 0 radical (unpaired) electrons. The van der Waals surface area contributed by atoms with Gasteiger partial charge in [0.05, 0.1) is 6.20 Å². The van der Waals surface area contributed by atoms with Crippen LogP contribution in [0.25, 0.3) is 11.5 Å². The van der Waals surface area contributed by atoms with Gasteiger partial charge in [0.15, 0.2) is 17.1 Å². The van der Waals surface area contributed by atoms with E-state index >= 15 is 0 Å². The molecule has 4 heterocycles. The summed E-state index contributed by atoms with van der Waals surface area (Å²) >= 11 is 0. The lowest BCUT2D eigenvalue weighted by atomic mass is 10.0. The zero-order chi connectivity index (χ0) is 16.5. The number of hydrogen-bond donors (Lipinski definition) is 0. The number of carbonyl (C=O) groups excluding carboxylic acids is 1. The van der Waals surface area contributed by atoms with Crippen molar-refractivity contribution in [2.45, 2.75) is 12.3 Å². The van der Waals surface area contributed by atoms with E-state index < -0.39 is 0 Å². The molecule has 0 saturated carbocycles. The highest BCUT2D eigenvalue weighted by molar-refractivity contribution is 5.93. The number of likely N-dealkylation sites (tertiary alicyclic amines) is 1. The molecule has 3 aromatic rings. The third-order valence-electron chi connectivity index (χ3n) is 4.22. The maximum absolute atomic E-state index is 12.6. The first-order valence-electron chi connectivity index (χ1n) is 7.73. The van der Waals surface area contributed by atoms with Gasteiger partial charge in [0, 0.05) is 44.5 Å². The first kappa shape index (κ1) is 14.6. The highest BCUT2D eigenvalue weighted by atomic mass is 16.5. The summed E-state index contributed by atoms with van der Waals surface area (Å²) in [6, 6.07) is 5.59. The van der Waals surface area contributed by atoms with Crippen molar-refractivity contribution in [1.82, 2.24) is 30.0 Å². The Morgan fingerprint density at radius 3 is 3.08 bits per heavy atom. The standard InChI is InChI=1S/C16H16N6O2/c1-21-10-14(18-20-21)15-7-13(19-24-15)16(23)22-6-4-12(9-22)11-3-2-5-17-8-11/h2-3,5,7-8,10,12H,4,6,9H2,1H3. The summed E-state index contributed by atoms with van der Waals surface area (Å²) in [5, 5.41) is 11.7. The Labute approximate surface area is 138 Å². The van der Waals surface area contributed by atoms with Crippen LogP contribution < -0.4 is 0 Å². The van der Waals surface area contributed by atoms with Gasteiger partial charge in [-0.3, -0.25) is 14.5 Å². The molecule has 1 saturated heterocycles. The molecule has 1 atom stereocenters. The van der Waals surface area contributed by atoms with Gasteiger partial charge < -0.3 is 9.42 Å². The van der Waals surface area contributed by atoms with E-state index in [1.165, 1.54) is 0 Å². The van der Waals surface area contributed by atoms with Gasteiger partial charge >= 0.3 is 0 Å². The molecule has 0 spiro atoms. The van der Waals surface area contributed by atoms with E-state index in [4.69, 9.17) is 4.52 Å². The smallest absolute Gasteiger partial charge is 0.276 e. The van der Waals surface area contributed by atoms with E-state index in [1.807, 2.05) is 18.3 Å². The molecule has 4 rings (SSSR count). The van der Waals surface area contributed by atoms with Crippen LogP contribution in [0.4, 0.5) is 0 Å². The second-order valence-electron chi connectivity index (χ2n) is 5.88. The molecule has 1 amide bonds. The van der Waals surface area contributed by atoms with E-state index in [0.29, 0.717) is 36.2 Å². The summed E-state index contributed by atoms with van der Waals surface area (Å²) in [4.78, 5) is 18.6. The SMILES string of the molecule is Cn1cc(-c2cc(C(=O)N3CCC(c4cccnc4)C3)no2)nn1. The molecule has 1 unspecified atom stereocenters. The van der Waals surface area contributed by atoms with Crippen molar-refractivity contribution < 1.29 is 9.32 Å². The number of carbonyl (C=O) groups is 1. The fourth-order valence-corrected chi connectivity index (χ4v) is 2.95. The average molecular weight is 324 g/mol. The molecular weight excluding hydrogens is 308 g/mol. The van der Waals surface area contributed by atoms with Gasteiger partial charge in [0.1, 0.15) is 0 Å². The van der Waals surface area contributed by atoms with Gasteiger partial charge in [-0.2, -0.15) is 0 Å². The zero-order valence-corrected chi connectivity index (χ0v) is 13.2. The predicted octanol–water partition coefficient (Wildman–Crippen LogP) is 1.49. The maximum Gasteiger partial charge on any atom is 0.276 e. The predicted molar refractivity (Wildman–Crippen MR) is 84.0 cm³/mol. The number of pyridine rings is 1. The largest absolute Gasteiger partial charge is 0.354 e. The fraction of sp³-hybridized carbons (Fsp3) is 0.312. The molecule has 1 fully saturated rings. The van der Waals surface area contributed by atoms with Crippen LogP contribution in [0.1, 0.15) is 28.4 Å². The highest BCUT2D eigenvalue weighted by Crippen LogP contribution is 2.28. The van der Waals surface area contributed by atoms with Crippen LogP contribution in [-0.4, -0.2) is 49.0 Å². The van der Waals surface area contributed by atoms with Gasteiger partial charge in [-0.05, 0) is 18.1 Å². The van der Waals surface area contributed by atoms with Gasteiger partial charge in [0.2, 0.25) is 0 Å². The molecule has 122 valence electrons. The Morgan fingerprint density at radius 1 is 1.42 bits per heavy atom. The first-order chi connectivity index (χ1) is 11.7. The van der Waals surface area contributed by atoms with Crippen molar-refractivity contribution in [1.29, 1.82) is 0 Å². The molecular formula is C16H16N6O2. The molecule has 0 N–H and O–H groups in total. The number of rotatable bonds is 3. The second-order valence-corrected chi connectivity index (χ2v) is 5.88. The van der Waals surface area contributed by atoms with Crippen LogP contribution in [0.3, 0.4) is 0 Å². The quantitative estimate of drug-likeness (QED) is 0.725. The van der Waals surface area contributed by atoms with Crippen LogP contribution in [-0.2, 0) is 7.05 Å². The van der Waals surface area contributed by atoms with Crippen molar-refractivity contribution in [3.63, 3.8) is 0 Å². The highest BCUT2D eigenvalue weighted by Gasteiger charge is 2.30. The third-order valence-corrected chi connectivity index (χ3v) is 4.22. The Bertz CT molecular complexity index is 856. The number of nitrogens with zero attached hydrogens (tertiary/aromatic N) is 6. The second kappa shape index (κ2) is 5.88. The summed E-state index contributed by atoms with van der Waals surface area (Å²) in [6.07, 6.45) is 6.25. The Kier molecular flexibility index (Phi) is 3.56. The lowest BCUT2D eigenvalue weighted by Crippen LogP contribution is -2.28. The Balaban J connectivity index is 1.48. The number of aryl methyl sites for hydroxylation is 1. The van der Waals surface area contributed by atoms with Crippen LogP contribution in [0, 0.1) is 0 Å². The van der Waals surface area contributed by atoms with Crippen LogP contribution in [0.2, 0.25) is 0 Å². The Morgan fingerprint density at radius 2 is 2.33 bits per heavy atom. The minimum atomic E-state index is -0.125. The van der Waals surface area contributed by atoms with E-state index in [1.54, 1.807) is 35.1 Å². The van der Waals surface area contributed by atoms with Crippen molar-refractivity contribution in [2.24, 2.45) is 7.05 Å². The number of aromatic nitrogens is 5. The van der Waals surface area contributed by atoms with Crippen LogP contribution in [0.15, 0.2) is 41.3 Å². The van der Waals surface area contributed by atoms with Gasteiger partial charge in [-0.1, -0.05) is 16.4 Å². The molecule has 1 aliphatic heterocycles. The summed E-state index contributed by atoms with van der Waals surface area (Å²) in [5.41, 5.74) is 2.01. The summed E-state index contributed by atoms with van der Waals surface area (Å²) in [6.45, 7) is 1.36. The first-order valence-corrected chi connectivity index (χ1v) is 7.73.